The molecule has 0 aliphatic heterocycles. The summed E-state index contributed by atoms with van der Waals surface area (Å²) in [6, 6.07) is 32.2. The largest absolute Gasteiger partial charge is 0.0758 e. The maximum Gasteiger partial charge on any atom is 0.0549 e. The topological polar surface area (TPSA) is 0 Å². The van der Waals surface area contributed by atoms with E-state index in [0.29, 0.717) is 0 Å². The van der Waals surface area contributed by atoms with Crippen LogP contribution in [0.3, 0.4) is 0 Å². The Morgan fingerprint density at radius 3 is 1.35 bits per heavy atom. The van der Waals surface area contributed by atoms with Crippen molar-refractivity contribution < 1.29 is 0 Å². The normalized spacial score (nSPS) is 15.2. The molecule has 0 amide bonds. The highest BCUT2D eigenvalue weighted by molar-refractivity contribution is 5.59. The van der Waals surface area contributed by atoms with E-state index in [2.05, 4.69) is 145 Å². The van der Waals surface area contributed by atoms with Gasteiger partial charge in [-0.1, -0.05) is 137 Å². The monoisotopic (exact) mass is 482 g/mol. The van der Waals surface area contributed by atoms with E-state index in [1.807, 2.05) is 0 Å². The van der Waals surface area contributed by atoms with Crippen LogP contribution in [0.5, 0.6) is 0 Å². The molecule has 0 heteroatoms. The molecule has 0 saturated carbocycles. The molecule has 0 fully saturated rings. The Morgan fingerprint density at radius 2 is 0.946 bits per heavy atom. The van der Waals surface area contributed by atoms with Crippen LogP contribution in [-0.2, 0) is 11.8 Å². The maximum atomic E-state index is 2.53. The first-order chi connectivity index (χ1) is 17.7. The second kappa shape index (κ2) is 10.0. The van der Waals surface area contributed by atoms with Crippen molar-refractivity contribution in [3.8, 4) is 0 Å². The summed E-state index contributed by atoms with van der Waals surface area (Å²) in [6.07, 6.45) is 8.29. The predicted molar refractivity (Wildman–Crippen MR) is 158 cm³/mol. The standard InChI is InChI=1S/C37H38/c1-25-14-26(2)18-34(17-25)37(35-19-27(3)15-28(4)20-35,36-21-29(5)16-30(6)22-36)33-13-12-32(24-33)23-31-10-8-7-9-11-31/h7-22,24,33H,23H2,1-6H3. The Morgan fingerprint density at radius 1 is 0.541 bits per heavy atom. The summed E-state index contributed by atoms with van der Waals surface area (Å²) in [5.74, 6) is 0.204. The summed E-state index contributed by atoms with van der Waals surface area (Å²) in [6.45, 7) is 13.4. The summed E-state index contributed by atoms with van der Waals surface area (Å²) in [4.78, 5) is 0. The SMILES string of the molecule is Cc1cc(C)cc(C(c2cc(C)cc(C)c2)(c2cc(C)cc(C)c2)C2C=CC(Cc3ccccc3)=C2)c1. The zero-order valence-corrected chi connectivity index (χ0v) is 23.1. The quantitative estimate of drug-likeness (QED) is 0.240. The smallest absolute Gasteiger partial charge is 0.0549 e. The van der Waals surface area contributed by atoms with Crippen molar-refractivity contribution in [2.45, 2.75) is 53.4 Å². The third-order valence-electron chi connectivity index (χ3n) is 7.69. The molecule has 186 valence electrons. The van der Waals surface area contributed by atoms with Crippen LogP contribution in [-0.4, -0.2) is 0 Å². The number of rotatable bonds is 6. The summed E-state index contributed by atoms with van der Waals surface area (Å²) >= 11 is 0. The van der Waals surface area contributed by atoms with Gasteiger partial charge in [0, 0.05) is 5.92 Å². The van der Waals surface area contributed by atoms with Crippen LogP contribution in [0.2, 0.25) is 0 Å². The fourth-order valence-corrected chi connectivity index (χ4v) is 6.47. The lowest BCUT2D eigenvalue weighted by Gasteiger charge is -2.41. The van der Waals surface area contributed by atoms with Crippen LogP contribution in [0.1, 0.15) is 55.6 Å². The molecule has 0 bridgehead atoms. The maximum absolute atomic E-state index is 2.53. The van der Waals surface area contributed by atoms with Gasteiger partial charge in [-0.05, 0) is 75.8 Å². The molecule has 0 saturated heterocycles. The molecule has 4 aromatic rings. The molecule has 1 aliphatic rings. The Balaban J connectivity index is 1.82. The van der Waals surface area contributed by atoms with Crippen LogP contribution in [0.4, 0.5) is 0 Å². The lowest BCUT2D eigenvalue weighted by atomic mass is 9.61. The van der Waals surface area contributed by atoms with Crippen LogP contribution in [0.25, 0.3) is 0 Å². The second-order valence-corrected chi connectivity index (χ2v) is 11.2. The van der Waals surface area contributed by atoms with E-state index < -0.39 is 0 Å². The summed E-state index contributed by atoms with van der Waals surface area (Å²) < 4.78 is 0. The van der Waals surface area contributed by atoms with Gasteiger partial charge in [-0.3, -0.25) is 0 Å². The predicted octanol–water partition coefficient (Wildman–Crippen LogP) is 9.23. The lowest BCUT2D eigenvalue weighted by Crippen LogP contribution is -2.36. The van der Waals surface area contributed by atoms with Gasteiger partial charge in [0.05, 0.1) is 5.41 Å². The van der Waals surface area contributed by atoms with E-state index in [1.54, 1.807) is 0 Å². The first-order valence-electron chi connectivity index (χ1n) is 13.4. The number of aryl methyl sites for hydroxylation is 6. The molecule has 0 nitrogen and oxygen atoms in total. The van der Waals surface area contributed by atoms with E-state index in [4.69, 9.17) is 0 Å². The van der Waals surface area contributed by atoms with Crippen molar-refractivity contribution in [2.75, 3.05) is 0 Å². The first kappa shape index (κ1) is 25.0. The van der Waals surface area contributed by atoms with Gasteiger partial charge in [0.1, 0.15) is 0 Å². The molecule has 37 heavy (non-hydrogen) atoms. The summed E-state index contributed by atoms with van der Waals surface area (Å²) in [7, 11) is 0. The van der Waals surface area contributed by atoms with Gasteiger partial charge in [-0.25, -0.2) is 0 Å². The number of benzene rings is 4. The Hall–Kier alpha value is -3.64. The molecule has 0 radical (unpaired) electrons. The van der Waals surface area contributed by atoms with Crippen LogP contribution >= 0.6 is 0 Å². The minimum absolute atomic E-state index is 0.204. The third kappa shape index (κ3) is 4.98. The molecule has 0 N–H and O–H groups in total. The van der Waals surface area contributed by atoms with Crippen molar-refractivity contribution in [3.05, 3.63) is 164 Å². The van der Waals surface area contributed by atoms with Crippen molar-refractivity contribution in [2.24, 2.45) is 5.92 Å². The van der Waals surface area contributed by atoms with E-state index in [0.717, 1.165) is 6.42 Å². The molecule has 1 atom stereocenters. The fraction of sp³-hybridized carbons (Fsp3) is 0.243. The van der Waals surface area contributed by atoms with Gasteiger partial charge in [0.25, 0.3) is 0 Å². The molecule has 1 unspecified atom stereocenters. The zero-order chi connectivity index (χ0) is 26.2. The second-order valence-electron chi connectivity index (χ2n) is 11.2. The highest BCUT2D eigenvalue weighted by atomic mass is 14.4. The average Bonchev–Trinajstić information content (AvgIpc) is 3.27. The molecular formula is C37H38. The molecule has 0 heterocycles. The minimum Gasteiger partial charge on any atom is -0.0758 e. The number of hydrogen-bond donors (Lipinski definition) is 0. The Bertz CT molecular complexity index is 1310. The van der Waals surface area contributed by atoms with E-state index in [9.17, 15) is 0 Å². The van der Waals surface area contributed by atoms with Gasteiger partial charge in [0.2, 0.25) is 0 Å². The van der Waals surface area contributed by atoms with Crippen molar-refractivity contribution in [1.82, 2.24) is 0 Å². The van der Waals surface area contributed by atoms with Gasteiger partial charge < -0.3 is 0 Å². The highest BCUT2D eigenvalue weighted by Crippen LogP contribution is 2.50. The van der Waals surface area contributed by atoms with Crippen LogP contribution < -0.4 is 0 Å². The van der Waals surface area contributed by atoms with Crippen molar-refractivity contribution in [3.63, 3.8) is 0 Å². The van der Waals surface area contributed by atoms with Gasteiger partial charge in [-0.15, -0.1) is 0 Å². The molecule has 0 spiro atoms. The molecule has 1 aliphatic carbocycles. The molecular weight excluding hydrogens is 444 g/mol. The highest BCUT2D eigenvalue weighted by Gasteiger charge is 2.43. The van der Waals surface area contributed by atoms with E-state index in [1.165, 1.54) is 61.2 Å². The van der Waals surface area contributed by atoms with E-state index in [-0.39, 0.29) is 11.3 Å². The lowest BCUT2D eigenvalue weighted by molar-refractivity contribution is 0.525. The van der Waals surface area contributed by atoms with Gasteiger partial charge >= 0.3 is 0 Å². The zero-order valence-electron chi connectivity index (χ0n) is 23.1. The van der Waals surface area contributed by atoms with Gasteiger partial charge in [0.15, 0.2) is 0 Å². The molecule has 4 aromatic carbocycles. The third-order valence-corrected chi connectivity index (χ3v) is 7.69. The van der Waals surface area contributed by atoms with Crippen LogP contribution in [0.15, 0.2) is 109 Å². The molecule has 0 aromatic heterocycles. The Labute approximate surface area is 223 Å². The van der Waals surface area contributed by atoms with Crippen molar-refractivity contribution in [1.29, 1.82) is 0 Å². The summed E-state index contributed by atoms with van der Waals surface area (Å²) in [5, 5.41) is 0. The van der Waals surface area contributed by atoms with Gasteiger partial charge in [-0.2, -0.15) is 0 Å². The fourth-order valence-electron chi connectivity index (χ4n) is 6.47. The van der Waals surface area contributed by atoms with Crippen LogP contribution in [0, 0.1) is 47.5 Å². The minimum atomic E-state index is -0.334. The first-order valence-corrected chi connectivity index (χ1v) is 13.4. The number of allylic oxidation sites excluding steroid dienone is 4. The molecule has 5 rings (SSSR count). The average molecular weight is 483 g/mol. The summed E-state index contributed by atoms with van der Waals surface area (Å²) in [5.41, 5.74) is 14.4. The Kier molecular flexibility index (Phi) is 6.78. The van der Waals surface area contributed by atoms with Crippen molar-refractivity contribution >= 4 is 0 Å². The van der Waals surface area contributed by atoms with E-state index >= 15 is 0 Å². The number of hydrogen-bond acceptors (Lipinski definition) is 0.